The standard InChI is InChI=1S/C25H29NO7/c1-15-13-19(27)22-16(2)33-20-11-12-26(25(29)31-14-17-7-5-4-6-8-17)18(9-10-21(28)30-3)23(20)24(22)32-15/h4-10,15-16,18,20,23H,11-14H2,1-3H3/b10-9+/t15-,16-,18+,20+,23-/m1/s1. The lowest BCUT2D eigenvalue weighted by atomic mass is 9.78. The summed E-state index contributed by atoms with van der Waals surface area (Å²) in [5, 5.41) is 0. The maximum Gasteiger partial charge on any atom is 0.410 e. The monoisotopic (exact) mass is 455 g/mol. The molecule has 0 bridgehead atoms. The van der Waals surface area contributed by atoms with Gasteiger partial charge < -0.3 is 23.8 Å². The van der Waals surface area contributed by atoms with E-state index >= 15 is 0 Å². The van der Waals surface area contributed by atoms with Crippen molar-refractivity contribution in [2.24, 2.45) is 5.92 Å². The van der Waals surface area contributed by atoms with Crippen molar-refractivity contribution >= 4 is 17.8 Å². The van der Waals surface area contributed by atoms with E-state index in [0.29, 0.717) is 24.3 Å². The maximum absolute atomic E-state index is 13.1. The quantitative estimate of drug-likeness (QED) is 0.509. The Morgan fingerprint density at radius 2 is 1.97 bits per heavy atom. The Bertz CT molecular complexity index is 970. The predicted octanol–water partition coefficient (Wildman–Crippen LogP) is 3.16. The van der Waals surface area contributed by atoms with Gasteiger partial charge in [-0.05, 0) is 25.8 Å². The van der Waals surface area contributed by atoms with Crippen molar-refractivity contribution in [3.63, 3.8) is 0 Å². The first kappa shape index (κ1) is 23.0. The summed E-state index contributed by atoms with van der Waals surface area (Å²) in [5.74, 6) is -0.415. The predicted molar refractivity (Wildman–Crippen MR) is 118 cm³/mol. The molecule has 0 N–H and O–H groups in total. The largest absolute Gasteiger partial charge is 0.494 e. The number of methoxy groups -OCH3 is 1. The number of carbonyl (C=O) groups excluding carboxylic acids is 3. The van der Waals surface area contributed by atoms with Crippen LogP contribution in [-0.2, 0) is 35.1 Å². The molecule has 1 aromatic rings. The van der Waals surface area contributed by atoms with Gasteiger partial charge in [0.15, 0.2) is 5.78 Å². The number of benzene rings is 1. The smallest absolute Gasteiger partial charge is 0.410 e. The van der Waals surface area contributed by atoms with E-state index in [0.717, 1.165) is 5.56 Å². The van der Waals surface area contributed by atoms with E-state index in [2.05, 4.69) is 0 Å². The highest BCUT2D eigenvalue weighted by Gasteiger charge is 2.50. The minimum atomic E-state index is -0.596. The third kappa shape index (κ3) is 4.80. The summed E-state index contributed by atoms with van der Waals surface area (Å²) < 4.78 is 22.7. The van der Waals surface area contributed by atoms with Crippen LogP contribution in [0.15, 0.2) is 53.8 Å². The second-order valence-electron chi connectivity index (χ2n) is 8.57. The van der Waals surface area contributed by atoms with Gasteiger partial charge >= 0.3 is 12.1 Å². The van der Waals surface area contributed by atoms with Crippen LogP contribution in [-0.4, -0.2) is 60.8 Å². The summed E-state index contributed by atoms with van der Waals surface area (Å²) in [7, 11) is 1.29. The molecule has 3 aliphatic heterocycles. The summed E-state index contributed by atoms with van der Waals surface area (Å²) in [6, 6.07) is 8.81. The Kier molecular flexibility index (Phi) is 6.83. The summed E-state index contributed by atoms with van der Waals surface area (Å²) >= 11 is 0. The third-order valence-electron chi connectivity index (χ3n) is 6.31. The average molecular weight is 456 g/mol. The Morgan fingerprint density at radius 1 is 1.21 bits per heavy atom. The zero-order valence-electron chi connectivity index (χ0n) is 19.1. The van der Waals surface area contributed by atoms with Gasteiger partial charge in [0.1, 0.15) is 18.5 Å². The van der Waals surface area contributed by atoms with Crippen LogP contribution in [0.2, 0.25) is 0 Å². The van der Waals surface area contributed by atoms with E-state index in [9.17, 15) is 14.4 Å². The van der Waals surface area contributed by atoms with Crippen molar-refractivity contribution in [2.45, 2.75) is 57.6 Å². The molecule has 0 aliphatic carbocycles. The van der Waals surface area contributed by atoms with E-state index < -0.39 is 24.0 Å². The molecule has 176 valence electrons. The van der Waals surface area contributed by atoms with Gasteiger partial charge in [0.2, 0.25) is 0 Å². The topological polar surface area (TPSA) is 91.4 Å². The number of ketones is 1. The van der Waals surface area contributed by atoms with Crippen LogP contribution >= 0.6 is 0 Å². The van der Waals surface area contributed by atoms with Gasteiger partial charge in [-0.25, -0.2) is 9.59 Å². The molecule has 1 amide bonds. The van der Waals surface area contributed by atoms with Crippen LogP contribution in [0.3, 0.4) is 0 Å². The van der Waals surface area contributed by atoms with Gasteiger partial charge in [0.25, 0.3) is 0 Å². The van der Waals surface area contributed by atoms with Crippen LogP contribution in [0.1, 0.15) is 32.3 Å². The Hall–Kier alpha value is -3.13. The summed E-state index contributed by atoms with van der Waals surface area (Å²) in [5.41, 5.74) is 1.39. The van der Waals surface area contributed by atoms with Crippen LogP contribution in [0.25, 0.3) is 0 Å². The van der Waals surface area contributed by atoms with Gasteiger partial charge in [-0.1, -0.05) is 36.4 Å². The summed E-state index contributed by atoms with van der Waals surface area (Å²) in [6.07, 6.45) is 2.32. The van der Waals surface area contributed by atoms with E-state index in [1.165, 1.54) is 13.2 Å². The SMILES string of the molecule is COC(=O)/C=C/[C@H]1[C@H]2C3=C(C(=O)C[C@@H](C)O3)[C@@H](C)O[C@H]2CCN1C(=O)OCc1ccccc1. The summed E-state index contributed by atoms with van der Waals surface area (Å²) in [6.45, 7) is 4.21. The van der Waals surface area contributed by atoms with Gasteiger partial charge in [-0.2, -0.15) is 0 Å². The van der Waals surface area contributed by atoms with Crippen molar-refractivity contribution in [3.8, 4) is 0 Å². The van der Waals surface area contributed by atoms with Gasteiger partial charge in [-0.3, -0.25) is 4.79 Å². The molecule has 0 aromatic heterocycles. The lowest BCUT2D eigenvalue weighted by molar-refractivity contribution is -0.136. The Labute approximate surface area is 193 Å². The van der Waals surface area contributed by atoms with Crippen molar-refractivity contribution < 1.29 is 33.3 Å². The molecule has 0 radical (unpaired) electrons. The number of amides is 1. The molecule has 5 atom stereocenters. The average Bonchev–Trinajstić information content (AvgIpc) is 2.80. The lowest BCUT2D eigenvalue weighted by Crippen LogP contribution is -2.58. The number of fused-ring (bicyclic) bond motifs is 2. The molecular formula is C25H29NO7. The second-order valence-corrected chi connectivity index (χ2v) is 8.57. The normalized spacial score (nSPS) is 29.2. The molecule has 1 aromatic carbocycles. The highest BCUT2D eigenvalue weighted by molar-refractivity contribution is 5.98. The number of carbonyl (C=O) groups is 3. The molecule has 0 saturated carbocycles. The highest BCUT2D eigenvalue weighted by Crippen LogP contribution is 2.43. The minimum absolute atomic E-state index is 0.00539. The number of nitrogens with zero attached hydrogens (tertiary/aromatic N) is 1. The fourth-order valence-corrected chi connectivity index (χ4v) is 4.82. The number of likely N-dealkylation sites (tertiary alicyclic amines) is 1. The zero-order valence-corrected chi connectivity index (χ0v) is 19.1. The highest BCUT2D eigenvalue weighted by atomic mass is 16.6. The molecule has 4 rings (SSSR count). The van der Waals surface area contributed by atoms with Gasteiger partial charge in [0, 0.05) is 19.0 Å². The second kappa shape index (κ2) is 9.79. The summed E-state index contributed by atoms with van der Waals surface area (Å²) in [4.78, 5) is 39.4. The fourth-order valence-electron chi connectivity index (χ4n) is 4.82. The first-order valence-corrected chi connectivity index (χ1v) is 11.2. The zero-order chi connectivity index (χ0) is 23.5. The minimum Gasteiger partial charge on any atom is -0.494 e. The number of piperidine rings is 1. The number of hydrogen-bond acceptors (Lipinski definition) is 7. The molecule has 3 heterocycles. The van der Waals surface area contributed by atoms with Crippen LogP contribution in [0, 0.1) is 5.92 Å². The maximum atomic E-state index is 13.1. The van der Waals surface area contributed by atoms with Crippen LogP contribution in [0.4, 0.5) is 4.79 Å². The first-order valence-electron chi connectivity index (χ1n) is 11.2. The van der Waals surface area contributed by atoms with Crippen LogP contribution in [0.5, 0.6) is 0 Å². The van der Waals surface area contributed by atoms with Crippen molar-refractivity contribution in [1.82, 2.24) is 4.90 Å². The van der Waals surface area contributed by atoms with E-state index in [-0.39, 0.29) is 37.1 Å². The van der Waals surface area contributed by atoms with E-state index in [1.54, 1.807) is 11.0 Å². The molecule has 0 spiro atoms. The number of rotatable bonds is 4. The number of Topliss-reactive ketones (excluding diaryl/α,β-unsaturated/α-hetero) is 1. The fraction of sp³-hybridized carbons (Fsp3) is 0.480. The number of hydrogen-bond donors (Lipinski definition) is 0. The molecule has 0 unspecified atom stereocenters. The molecule has 8 nitrogen and oxygen atoms in total. The molecule has 1 saturated heterocycles. The van der Waals surface area contributed by atoms with Crippen molar-refractivity contribution in [1.29, 1.82) is 0 Å². The van der Waals surface area contributed by atoms with Crippen molar-refractivity contribution in [2.75, 3.05) is 13.7 Å². The first-order chi connectivity index (χ1) is 15.9. The molecule has 33 heavy (non-hydrogen) atoms. The van der Waals surface area contributed by atoms with Gasteiger partial charge in [-0.15, -0.1) is 0 Å². The molecular weight excluding hydrogens is 426 g/mol. The molecule has 3 aliphatic rings. The third-order valence-corrected chi connectivity index (χ3v) is 6.31. The van der Waals surface area contributed by atoms with Gasteiger partial charge in [0.05, 0.1) is 36.9 Å². The van der Waals surface area contributed by atoms with E-state index in [1.807, 2.05) is 44.2 Å². The Balaban J connectivity index is 1.65. The van der Waals surface area contributed by atoms with Crippen LogP contribution < -0.4 is 0 Å². The number of ether oxygens (including phenoxy) is 4. The molecule has 8 heteroatoms. The lowest BCUT2D eigenvalue weighted by Gasteiger charge is -2.49. The molecule has 1 fully saturated rings. The van der Waals surface area contributed by atoms with E-state index in [4.69, 9.17) is 18.9 Å². The van der Waals surface area contributed by atoms with Crippen molar-refractivity contribution in [3.05, 3.63) is 59.4 Å². The number of esters is 1. The Morgan fingerprint density at radius 3 is 2.70 bits per heavy atom.